The third kappa shape index (κ3) is 8.79. The maximum Gasteiger partial charge on any atom is 0.259 e. The van der Waals surface area contributed by atoms with E-state index in [2.05, 4.69) is 20.3 Å². The fraction of sp³-hybridized carbons (Fsp3) is 0.242. The molecule has 1 heterocycles. The Bertz CT molecular complexity index is 1670. The Hall–Kier alpha value is -4.45. The molecule has 0 unspecified atom stereocenters. The first-order chi connectivity index (χ1) is 21.1. The van der Waals surface area contributed by atoms with Crippen LogP contribution in [0, 0.1) is 5.82 Å². The number of hydrogen-bond donors (Lipinski definition) is 4. The van der Waals surface area contributed by atoms with Crippen molar-refractivity contribution in [2.24, 2.45) is 0 Å². The summed E-state index contributed by atoms with van der Waals surface area (Å²) in [7, 11) is -3.33. The molecule has 4 aromatic rings. The first kappa shape index (κ1) is 31.0. The Labute approximate surface area is 256 Å². The number of piperidine rings is 1. The molecule has 0 radical (unpaired) electrons. The molecule has 11 heteroatoms. The summed E-state index contributed by atoms with van der Waals surface area (Å²) < 4.78 is 44.3. The van der Waals surface area contributed by atoms with E-state index in [1.807, 2.05) is 30.3 Å². The van der Waals surface area contributed by atoms with Gasteiger partial charge in [0.05, 0.1) is 11.8 Å². The van der Waals surface area contributed by atoms with Gasteiger partial charge in [-0.15, -0.1) is 0 Å². The summed E-state index contributed by atoms with van der Waals surface area (Å²) in [5, 5.41) is 16.7. The van der Waals surface area contributed by atoms with Crippen LogP contribution in [0.1, 0.15) is 34.3 Å². The van der Waals surface area contributed by atoms with Crippen LogP contribution in [0.3, 0.4) is 0 Å². The smallest absolute Gasteiger partial charge is 0.259 e. The molecule has 1 fully saturated rings. The molecule has 4 N–H and O–H groups in total. The number of likely N-dealkylation sites (tertiary alicyclic amines) is 1. The van der Waals surface area contributed by atoms with Crippen molar-refractivity contribution in [1.82, 2.24) is 10.2 Å². The van der Waals surface area contributed by atoms with E-state index in [-0.39, 0.29) is 17.4 Å². The fourth-order valence-corrected chi connectivity index (χ4v) is 5.70. The lowest BCUT2D eigenvalue weighted by molar-refractivity contribution is 0.102. The Balaban J connectivity index is 1.08. The van der Waals surface area contributed by atoms with E-state index < -0.39 is 21.7 Å². The number of ether oxygens (including phenoxy) is 1. The quantitative estimate of drug-likeness (QED) is 0.170. The number of benzene rings is 4. The zero-order chi connectivity index (χ0) is 31.1. The molecule has 0 aliphatic carbocycles. The molecule has 44 heavy (non-hydrogen) atoms. The van der Waals surface area contributed by atoms with Gasteiger partial charge in [-0.05, 0) is 104 Å². The second-order valence-electron chi connectivity index (χ2n) is 10.8. The monoisotopic (exact) mass is 618 g/mol. The molecule has 1 amide bonds. The van der Waals surface area contributed by atoms with Crippen molar-refractivity contribution in [2.45, 2.75) is 32.0 Å². The molecular weight excluding hydrogens is 583 g/mol. The van der Waals surface area contributed by atoms with Gasteiger partial charge in [-0.2, -0.15) is 0 Å². The third-order valence-corrected chi connectivity index (χ3v) is 7.96. The van der Waals surface area contributed by atoms with Crippen LogP contribution in [0.4, 0.5) is 15.8 Å². The number of nitrogens with zero attached hydrogens (tertiary/aromatic N) is 1. The van der Waals surface area contributed by atoms with Gasteiger partial charge in [0.25, 0.3) is 5.91 Å². The molecular formula is C33H35FN4O5S. The molecule has 1 saturated heterocycles. The van der Waals surface area contributed by atoms with Crippen LogP contribution >= 0.6 is 0 Å². The predicted molar refractivity (Wildman–Crippen MR) is 169 cm³/mol. The Kier molecular flexibility index (Phi) is 9.78. The minimum absolute atomic E-state index is 0.102. The zero-order valence-corrected chi connectivity index (χ0v) is 25.1. The van der Waals surface area contributed by atoms with Gasteiger partial charge < -0.3 is 20.5 Å². The van der Waals surface area contributed by atoms with Gasteiger partial charge in [0, 0.05) is 30.5 Å². The number of sulfonamides is 1. The van der Waals surface area contributed by atoms with Crippen molar-refractivity contribution in [3.05, 3.63) is 114 Å². The van der Waals surface area contributed by atoms with Gasteiger partial charge in [0.2, 0.25) is 10.0 Å². The van der Waals surface area contributed by atoms with E-state index in [4.69, 9.17) is 4.74 Å². The summed E-state index contributed by atoms with van der Waals surface area (Å²) in [6, 6.07) is 25.4. The van der Waals surface area contributed by atoms with Crippen molar-refractivity contribution in [3.63, 3.8) is 0 Å². The normalized spacial score (nSPS) is 14.2. The minimum Gasteiger partial charge on any atom is -0.507 e. The van der Waals surface area contributed by atoms with Crippen LogP contribution in [0.5, 0.6) is 17.2 Å². The SMILES string of the molecule is CS(=O)(=O)Nc1ccc(Oc2ccc(CN3CCC(NCc4cccc(O)c4C(=O)Nc4ccc(F)cc4)CC3)cc2)cc1. The second kappa shape index (κ2) is 13.9. The van der Waals surface area contributed by atoms with Gasteiger partial charge in [-0.1, -0.05) is 24.3 Å². The number of phenolic OH excluding ortho intramolecular Hbond substituents is 1. The number of halogens is 1. The van der Waals surface area contributed by atoms with E-state index >= 15 is 0 Å². The molecule has 0 aromatic heterocycles. The van der Waals surface area contributed by atoms with Gasteiger partial charge in [0.15, 0.2) is 0 Å². The minimum atomic E-state index is -3.33. The molecule has 0 atom stereocenters. The first-order valence-corrected chi connectivity index (χ1v) is 16.2. The highest BCUT2D eigenvalue weighted by Gasteiger charge is 2.21. The summed E-state index contributed by atoms with van der Waals surface area (Å²) >= 11 is 0. The lowest BCUT2D eigenvalue weighted by Gasteiger charge is -2.32. The number of phenols is 1. The molecule has 5 rings (SSSR count). The fourth-order valence-electron chi connectivity index (χ4n) is 5.13. The number of aromatic hydroxyl groups is 1. The van der Waals surface area contributed by atoms with Crippen molar-refractivity contribution in [1.29, 1.82) is 0 Å². The van der Waals surface area contributed by atoms with Crippen LogP contribution < -0.4 is 20.1 Å². The molecule has 0 spiro atoms. The standard InChI is InChI=1S/C33H35FN4O5S/c1-44(41,42)37-28-11-15-30(16-12-28)43-29-13-5-23(6-14-29)22-38-19-17-26(18-20-38)35-21-24-3-2-4-31(39)32(24)33(40)36-27-9-7-25(34)8-10-27/h2-16,26,35,37,39H,17-22H2,1H3,(H,36,40). The lowest BCUT2D eigenvalue weighted by atomic mass is 10.0. The maximum absolute atomic E-state index is 13.2. The Morgan fingerprint density at radius 2 is 1.52 bits per heavy atom. The molecule has 0 bridgehead atoms. The molecule has 0 saturated carbocycles. The number of carbonyl (C=O) groups is 1. The highest BCUT2D eigenvalue weighted by Crippen LogP contribution is 2.26. The summed E-state index contributed by atoms with van der Waals surface area (Å²) in [5.41, 5.74) is 2.99. The molecule has 1 aliphatic heterocycles. The number of hydrogen-bond acceptors (Lipinski definition) is 7. The van der Waals surface area contributed by atoms with Crippen molar-refractivity contribution in [2.75, 3.05) is 29.4 Å². The average molecular weight is 619 g/mol. The van der Waals surface area contributed by atoms with Gasteiger partial charge in [-0.3, -0.25) is 14.4 Å². The van der Waals surface area contributed by atoms with Gasteiger partial charge in [-0.25, -0.2) is 12.8 Å². The molecule has 1 aliphatic rings. The summed E-state index contributed by atoms with van der Waals surface area (Å²) in [4.78, 5) is 15.3. The zero-order valence-electron chi connectivity index (χ0n) is 24.3. The van der Waals surface area contributed by atoms with Crippen LogP contribution in [0.15, 0.2) is 91.0 Å². The highest BCUT2D eigenvalue weighted by molar-refractivity contribution is 7.92. The van der Waals surface area contributed by atoms with Gasteiger partial charge in [0.1, 0.15) is 23.1 Å². The maximum atomic E-state index is 13.2. The van der Waals surface area contributed by atoms with Gasteiger partial charge >= 0.3 is 0 Å². The number of rotatable bonds is 11. The van der Waals surface area contributed by atoms with E-state index in [0.29, 0.717) is 35.0 Å². The average Bonchev–Trinajstić information content (AvgIpc) is 2.99. The summed E-state index contributed by atoms with van der Waals surface area (Å²) in [5.74, 6) is 0.361. The Morgan fingerprint density at radius 3 is 2.16 bits per heavy atom. The second-order valence-corrected chi connectivity index (χ2v) is 12.6. The van der Waals surface area contributed by atoms with Crippen LogP contribution in [-0.4, -0.2) is 49.7 Å². The van der Waals surface area contributed by atoms with Crippen LogP contribution in [0.2, 0.25) is 0 Å². The Morgan fingerprint density at radius 1 is 0.909 bits per heavy atom. The number of anilines is 2. The van der Waals surface area contributed by atoms with Crippen LogP contribution in [0.25, 0.3) is 0 Å². The largest absolute Gasteiger partial charge is 0.507 e. The summed E-state index contributed by atoms with van der Waals surface area (Å²) in [6.45, 7) is 3.09. The van der Waals surface area contributed by atoms with E-state index in [9.17, 15) is 22.7 Å². The number of amides is 1. The topological polar surface area (TPSA) is 120 Å². The number of nitrogens with one attached hydrogen (secondary N) is 3. The molecule has 9 nitrogen and oxygen atoms in total. The van der Waals surface area contributed by atoms with Crippen molar-refractivity contribution >= 4 is 27.3 Å². The van der Waals surface area contributed by atoms with E-state index in [0.717, 1.165) is 38.7 Å². The highest BCUT2D eigenvalue weighted by atomic mass is 32.2. The first-order valence-electron chi connectivity index (χ1n) is 14.3. The predicted octanol–water partition coefficient (Wildman–Crippen LogP) is 5.70. The van der Waals surface area contributed by atoms with Crippen LogP contribution in [-0.2, 0) is 23.1 Å². The van der Waals surface area contributed by atoms with Crippen molar-refractivity contribution < 1.29 is 27.4 Å². The molecule has 4 aromatic carbocycles. The lowest BCUT2D eigenvalue weighted by Crippen LogP contribution is -2.42. The summed E-state index contributed by atoms with van der Waals surface area (Å²) in [6.07, 6.45) is 3.00. The number of carbonyl (C=O) groups excluding carboxylic acids is 1. The van der Waals surface area contributed by atoms with E-state index in [1.165, 1.54) is 35.9 Å². The molecule has 230 valence electrons. The van der Waals surface area contributed by atoms with E-state index in [1.54, 1.807) is 30.3 Å². The third-order valence-electron chi connectivity index (χ3n) is 7.35. The van der Waals surface area contributed by atoms with Crippen molar-refractivity contribution in [3.8, 4) is 17.2 Å².